The molecular weight excluding hydrogens is 207 g/mol. The van der Waals surface area contributed by atoms with E-state index in [1.165, 1.54) is 13.2 Å². The molecule has 1 aromatic rings. The molecule has 0 bridgehead atoms. The summed E-state index contributed by atoms with van der Waals surface area (Å²) in [5, 5.41) is 8.44. The van der Waals surface area contributed by atoms with E-state index in [2.05, 4.69) is 0 Å². The summed E-state index contributed by atoms with van der Waals surface area (Å²) in [5.74, 6) is 0.0892. The number of hydrogen-bond acceptors (Lipinski definition) is 2. The van der Waals surface area contributed by atoms with Gasteiger partial charge in [0.1, 0.15) is 5.75 Å². The van der Waals surface area contributed by atoms with Crippen molar-refractivity contribution < 1.29 is 17.9 Å². The summed E-state index contributed by atoms with van der Waals surface area (Å²) >= 11 is 0. The second-order valence-electron chi connectivity index (χ2n) is 2.86. The summed E-state index contributed by atoms with van der Waals surface area (Å²) in [6.07, 6.45) is -4.36. The first-order valence-corrected chi connectivity index (χ1v) is 4.10. The minimum Gasteiger partial charge on any atom is -0.496 e. The fourth-order valence-corrected chi connectivity index (χ4v) is 1.15. The third-order valence-electron chi connectivity index (χ3n) is 1.88. The Balaban J connectivity index is 3.14. The van der Waals surface area contributed by atoms with E-state index in [0.717, 1.165) is 12.1 Å². The van der Waals surface area contributed by atoms with Crippen LogP contribution in [0, 0.1) is 11.3 Å². The largest absolute Gasteiger partial charge is 0.496 e. The highest BCUT2D eigenvalue weighted by atomic mass is 19.4. The summed E-state index contributed by atoms with van der Waals surface area (Å²) in [4.78, 5) is 0. The molecule has 0 spiro atoms. The van der Waals surface area contributed by atoms with Gasteiger partial charge in [0.05, 0.1) is 25.2 Å². The van der Waals surface area contributed by atoms with Crippen LogP contribution in [0.3, 0.4) is 0 Å². The molecule has 1 rings (SSSR count). The van der Waals surface area contributed by atoms with Crippen LogP contribution >= 0.6 is 0 Å². The molecule has 0 unspecified atom stereocenters. The standard InChI is InChI=1S/C10H8F3NO/c1-15-9-6-8(10(11,12)13)3-2-7(9)4-5-14/h2-3,6H,4H2,1H3. The molecule has 0 heterocycles. The Labute approximate surface area is 84.9 Å². The minimum atomic E-state index is -4.39. The Bertz CT molecular complexity index is 393. The van der Waals surface area contributed by atoms with E-state index in [0.29, 0.717) is 5.56 Å². The number of halogens is 3. The minimum absolute atomic E-state index is 0.0291. The number of nitrogens with zero attached hydrogens (tertiary/aromatic N) is 1. The lowest BCUT2D eigenvalue weighted by molar-refractivity contribution is -0.137. The Morgan fingerprint density at radius 1 is 1.40 bits per heavy atom. The number of ether oxygens (including phenoxy) is 1. The van der Waals surface area contributed by atoms with Gasteiger partial charge in [0, 0.05) is 5.56 Å². The van der Waals surface area contributed by atoms with Crippen molar-refractivity contribution in [3.05, 3.63) is 29.3 Å². The molecule has 2 nitrogen and oxygen atoms in total. The molecule has 0 saturated heterocycles. The predicted molar refractivity (Wildman–Crippen MR) is 47.3 cm³/mol. The first-order valence-electron chi connectivity index (χ1n) is 4.10. The molecule has 0 aromatic heterocycles. The zero-order valence-electron chi connectivity index (χ0n) is 7.93. The maximum Gasteiger partial charge on any atom is 0.416 e. The number of rotatable bonds is 2. The van der Waals surface area contributed by atoms with Gasteiger partial charge < -0.3 is 4.74 Å². The normalized spacial score (nSPS) is 10.9. The molecule has 15 heavy (non-hydrogen) atoms. The van der Waals surface area contributed by atoms with Gasteiger partial charge in [-0.2, -0.15) is 18.4 Å². The van der Waals surface area contributed by atoms with Gasteiger partial charge in [-0.15, -0.1) is 0 Å². The number of alkyl halides is 3. The van der Waals surface area contributed by atoms with E-state index in [9.17, 15) is 13.2 Å². The van der Waals surface area contributed by atoms with Crippen molar-refractivity contribution in [3.63, 3.8) is 0 Å². The number of hydrogen-bond donors (Lipinski definition) is 0. The molecule has 80 valence electrons. The monoisotopic (exact) mass is 215 g/mol. The molecule has 0 fully saturated rings. The van der Waals surface area contributed by atoms with E-state index in [1.807, 2.05) is 6.07 Å². The van der Waals surface area contributed by atoms with Crippen LogP contribution in [-0.4, -0.2) is 7.11 Å². The van der Waals surface area contributed by atoms with Crippen molar-refractivity contribution >= 4 is 0 Å². The van der Waals surface area contributed by atoms with Crippen LogP contribution in [0.1, 0.15) is 11.1 Å². The van der Waals surface area contributed by atoms with Crippen molar-refractivity contribution in [1.82, 2.24) is 0 Å². The van der Waals surface area contributed by atoms with Crippen LogP contribution in [-0.2, 0) is 12.6 Å². The van der Waals surface area contributed by atoms with Gasteiger partial charge >= 0.3 is 6.18 Å². The van der Waals surface area contributed by atoms with Crippen LogP contribution in [0.4, 0.5) is 13.2 Å². The van der Waals surface area contributed by atoms with E-state index < -0.39 is 11.7 Å². The maximum atomic E-state index is 12.3. The molecule has 0 atom stereocenters. The van der Waals surface area contributed by atoms with Crippen molar-refractivity contribution in [1.29, 1.82) is 5.26 Å². The van der Waals surface area contributed by atoms with Crippen LogP contribution in [0.25, 0.3) is 0 Å². The average molecular weight is 215 g/mol. The third-order valence-corrected chi connectivity index (χ3v) is 1.88. The summed E-state index contributed by atoms with van der Waals surface area (Å²) in [6.45, 7) is 0. The molecule has 0 aliphatic heterocycles. The summed E-state index contributed by atoms with van der Waals surface area (Å²) in [6, 6.07) is 4.95. The first kappa shape index (κ1) is 11.4. The third kappa shape index (κ3) is 2.62. The molecule has 0 aliphatic rings. The van der Waals surface area contributed by atoms with Crippen molar-refractivity contribution in [3.8, 4) is 11.8 Å². The van der Waals surface area contributed by atoms with Crippen molar-refractivity contribution in [2.75, 3.05) is 7.11 Å². The van der Waals surface area contributed by atoms with E-state index in [-0.39, 0.29) is 12.2 Å². The topological polar surface area (TPSA) is 33.0 Å². The van der Waals surface area contributed by atoms with E-state index in [1.54, 1.807) is 0 Å². The molecule has 0 N–H and O–H groups in total. The Morgan fingerprint density at radius 2 is 2.07 bits per heavy atom. The smallest absolute Gasteiger partial charge is 0.416 e. The zero-order valence-corrected chi connectivity index (χ0v) is 7.93. The van der Waals surface area contributed by atoms with Gasteiger partial charge in [-0.05, 0) is 12.1 Å². The highest BCUT2D eigenvalue weighted by Crippen LogP contribution is 2.33. The first-order chi connectivity index (χ1) is 6.99. The number of methoxy groups -OCH3 is 1. The van der Waals surface area contributed by atoms with Crippen LogP contribution in [0.2, 0.25) is 0 Å². The lowest BCUT2D eigenvalue weighted by atomic mass is 10.1. The highest BCUT2D eigenvalue weighted by molar-refractivity contribution is 5.40. The van der Waals surface area contributed by atoms with Gasteiger partial charge in [-0.25, -0.2) is 0 Å². The quantitative estimate of drug-likeness (QED) is 0.759. The molecule has 0 aliphatic carbocycles. The summed E-state index contributed by atoms with van der Waals surface area (Å²) in [5.41, 5.74) is -0.325. The van der Waals surface area contributed by atoms with Crippen LogP contribution in [0.5, 0.6) is 5.75 Å². The molecule has 0 amide bonds. The summed E-state index contributed by atoms with van der Waals surface area (Å²) in [7, 11) is 1.27. The zero-order chi connectivity index (χ0) is 11.5. The van der Waals surface area contributed by atoms with Gasteiger partial charge in [-0.3, -0.25) is 0 Å². The van der Waals surface area contributed by atoms with Crippen LogP contribution < -0.4 is 4.74 Å². The SMILES string of the molecule is COc1cc(C(F)(F)F)ccc1CC#N. The molecule has 1 aromatic carbocycles. The second-order valence-corrected chi connectivity index (χ2v) is 2.86. The fraction of sp³-hybridized carbons (Fsp3) is 0.300. The van der Waals surface area contributed by atoms with Crippen molar-refractivity contribution in [2.24, 2.45) is 0 Å². The fourth-order valence-electron chi connectivity index (χ4n) is 1.15. The maximum absolute atomic E-state index is 12.3. The van der Waals surface area contributed by atoms with Gasteiger partial charge in [0.2, 0.25) is 0 Å². The Morgan fingerprint density at radius 3 is 2.53 bits per heavy atom. The lowest BCUT2D eigenvalue weighted by Gasteiger charge is -2.10. The van der Waals surface area contributed by atoms with E-state index >= 15 is 0 Å². The molecule has 5 heteroatoms. The highest BCUT2D eigenvalue weighted by Gasteiger charge is 2.31. The number of nitriles is 1. The molecule has 0 saturated carbocycles. The van der Waals surface area contributed by atoms with E-state index in [4.69, 9.17) is 10.00 Å². The molecular formula is C10H8F3NO. The van der Waals surface area contributed by atoms with Crippen LogP contribution in [0.15, 0.2) is 18.2 Å². The average Bonchev–Trinajstić information content (AvgIpc) is 2.17. The summed E-state index contributed by atoms with van der Waals surface area (Å²) < 4.78 is 41.7. The molecule has 0 radical (unpaired) electrons. The second kappa shape index (κ2) is 4.22. The van der Waals surface area contributed by atoms with Gasteiger partial charge in [0.25, 0.3) is 0 Å². The van der Waals surface area contributed by atoms with Crippen molar-refractivity contribution in [2.45, 2.75) is 12.6 Å². The Hall–Kier alpha value is -1.70. The van der Waals surface area contributed by atoms with Gasteiger partial charge in [-0.1, -0.05) is 6.07 Å². The Kier molecular flexibility index (Phi) is 3.20. The van der Waals surface area contributed by atoms with Gasteiger partial charge in [0.15, 0.2) is 0 Å². The predicted octanol–water partition coefficient (Wildman–Crippen LogP) is 2.78. The lowest BCUT2D eigenvalue weighted by Crippen LogP contribution is -2.05. The number of benzene rings is 1.